The molecule has 0 saturated carbocycles. The lowest BCUT2D eigenvalue weighted by molar-refractivity contribution is 0.497. The van der Waals surface area contributed by atoms with Crippen LogP contribution in [0.15, 0.2) is 35.7 Å². The Labute approximate surface area is 118 Å². The molecule has 2 N–H and O–H groups in total. The molecule has 0 spiro atoms. The summed E-state index contributed by atoms with van der Waals surface area (Å²) in [6, 6.07) is 11.4. The van der Waals surface area contributed by atoms with Gasteiger partial charge in [-0.1, -0.05) is 24.3 Å². The van der Waals surface area contributed by atoms with Gasteiger partial charge in [0.1, 0.15) is 0 Å². The molecule has 100 valence electrons. The maximum atomic E-state index is 3.73. The number of aryl methyl sites for hydroxylation is 1. The van der Waals surface area contributed by atoms with Crippen LogP contribution < -0.4 is 10.6 Å². The van der Waals surface area contributed by atoms with Crippen molar-refractivity contribution in [3.63, 3.8) is 0 Å². The minimum Gasteiger partial charge on any atom is -0.313 e. The third kappa shape index (κ3) is 2.89. The zero-order valence-corrected chi connectivity index (χ0v) is 12.1. The van der Waals surface area contributed by atoms with Crippen molar-refractivity contribution in [2.24, 2.45) is 0 Å². The molecule has 0 bridgehead atoms. The first-order chi connectivity index (χ1) is 9.34. The normalized spacial score (nSPS) is 18.9. The van der Waals surface area contributed by atoms with Crippen molar-refractivity contribution in [2.45, 2.75) is 32.5 Å². The molecule has 19 heavy (non-hydrogen) atoms. The minimum absolute atomic E-state index is 0.465. The number of benzene rings is 1. The van der Waals surface area contributed by atoms with Gasteiger partial charge in [0.05, 0.1) is 0 Å². The van der Waals surface area contributed by atoms with Crippen LogP contribution in [0.25, 0.3) is 0 Å². The molecule has 0 aliphatic carbocycles. The van der Waals surface area contributed by atoms with Crippen LogP contribution in [0.5, 0.6) is 0 Å². The van der Waals surface area contributed by atoms with Crippen LogP contribution in [0, 0.1) is 6.92 Å². The number of hydrogen-bond donors (Lipinski definition) is 2. The van der Waals surface area contributed by atoms with Crippen molar-refractivity contribution < 1.29 is 0 Å². The standard InChI is InChI=1S/C16H20N2S/c1-12-7-9-19-16(12)11-18-15-6-8-17-10-13-4-2-3-5-14(13)15/h2-5,7,9,15,17-18H,6,8,10-11H2,1H3. The minimum atomic E-state index is 0.465. The van der Waals surface area contributed by atoms with Crippen molar-refractivity contribution in [1.29, 1.82) is 0 Å². The number of nitrogens with one attached hydrogen (secondary N) is 2. The van der Waals surface area contributed by atoms with Gasteiger partial charge in [0.15, 0.2) is 0 Å². The van der Waals surface area contributed by atoms with Gasteiger partial charge in [-0.15, -0.1) is 11.3 Å². The summed E-state index contributed by atoms with van der Waals surface area (Å²) in [5.41, 5.74) is 4.29. The van der Waals surface area contributed by atoms with Crippen molar-refractivity contribution in [3.05, 3.63) is 57.3 Å². The second-order valence-corrected chi connectivity index (χ2v) is 6.13. The molecule has 1 aliphatic heterocycles. The summed E-state index contributed by atoms with van der Waals surface area (Å²) in [5, 5.41) is 9.41. The Kier molecular flexibility index (Phi) is 3.97. The Bertz CT molecular complexity index is 547. The average molecular weight is 272 g/mol. The van der Waals surface area contributed by atoms with Gasteiger partial charge in [0.25, 0.3) is 0 Å². The van der Waals surface area contributed by atoms with Crippen LogP contribution in [-0.4, -0.2) is 6.54 Å². The molecule has 3 rings (SSSR count). The molecule has 1 aromatic heterocycles. The highest BCUT2D eigenvalue weighted by molar-refractivity contribution is 7.10. The maximum Gasteiger partial charge on any atom is 0.0338 e. The summed E-state index contributed by atoms with van der Waals surface area (Å²) in [5.74, 6) is 0. The Balaban J connectivity index is 1.75. The maximum absolute atomic E-state index is 3.73. The predicted molar refractivity (Wildman–Crippen MR) is 81.4 cm³/mol. The van der Waals surface area contributed by atoms with Gasteiger partial charge < -0.3 is 10.6 Å². The van der Waals surface area contributed by atoms with Gasteiger partial charge in [0.2, 0.25) is 0 Å². The Morgan fingerprint density at radius 2 is 2.21 bits per heavy atom. The second kappa shape index (κ2) is 5.87. The summed E-state index contributed by atoms with van der Waals surface area (Å²) in [6.45, 7) is 5.24. The molecule has 0 amide bonds. The number of fused-ring (bicyclic) bond motifs is 1. The van der Waals surface area contributed by atoms with Crippen LogP contribution in [0.4, 0.5) is 0 Å². The van der Waals surface area contributed by atoms with Gasteiger partial charge in [0, 0.05) is 24.0 Å². The van der Waals surface area contributed by atoms with Crippen molar-refractivity contribution in [3.8, 4) is 0 Å². The summed E-state index contributed by atoms with van der Waals surface area (Å²) in [6.07, 6.45) is 1.15. The Morgan fingerprint density at radius 1 is 1.32 bits per heavy atom. The van der Waals surface area contributed by atoms with Crippen molar-refractivity contribution in [2.75, 3.05) is 6.54 Å². The van der Waals surface area contributed by atoms with Gasteiger partial charge in [-0.25, -0.2) is 0 Å². The fourth-order valence-corrected chi connectivity index (χ4v) is 3.53. The topological polar surface area (TPSA) is 24.1 Å². The summed E-state index contributed by atoms with van der Waals surface area (Å²) >= 11 is 1.85. The van der Waals surface area contributed by atoms with E-state index in [0.717, 1.165) is 26.1 Å². The summed E-state index contributed by atoms with van der Waals surface area (Å²) in [7, 11) is 0. The van der Waals surface area contributed by atoms with Crippen LogP contribution in [0.3, 0.4) is 0 Å². The summed E-state index contributed by atoms with van der Waals surface area (Å²) < 4.78 is 0. The fraction of sp³-hybridized carbons (Fsp3) is 0.375. The highest BCUT2D eigenvalue weighted by atomic mass is 32.1. The van der Waals surface area contributed by atoms with Crippen LogP contribution in [0.1, 0.15) is 34.0 Å². The van der Waals surface area contributed by atoms with Crippen LogP contribution >= 0.6 is 11.3 Å². The third-order valence-corrected chi connectivity index (χ3v) is 4.86. The quantitative estimate of drug-likeness (QED) is 0.895. The molecular weight excluding hydrogens is 252 g/mol. The van der Waals surface area contributed by atoms with Gasteiger partial charge in [-0.2, -0.15) is 0 Å². The molecular formula is C16H20N2S. The first-order valence-corrected chi connectivity index (χ1v) is 7.77. The van der Waals surface area contributed by atoms with E-state index in [0.29, 0.717) is 6.04 Å². The van der Waals surface area contributed by atoms with E-state index >= 15 is 0 Å². The molecule has 1 aromatic carbocycles. The van der Waals surface area contributed by atoms with E-state index in [1.807, 2.05) is 11.3 Å². The molecule has 2 nitrogen and oxygen atoms in total. The third-order valence-electron chi connectivity index (χ3n) is 3.83. The SMILES string of the molecule is Cc1ccsc1CNC1CCNCc2ccccc21. The average Bonchev–Trinajstić information content (AvgIpc) is 2.73. The highest BCUT2D eigenvalue weighted by Gasteiger charge is 2.17. The molecule has 1 atom stereocenters. The summed E-state index contributed by atoms with van der Waals surface area (Å²) in [4.78, 5) is 1.45. The molecule has 0 fully saturated rings. The lowest BCUT2D eigenvalue weighted by Gasteiger charge is -2.19. The van der Waals surface area contributed by atoms with Gasteiger partial charge in [-0.3, -0.25) is 0 Å². The van der Waals surface area contributed by atoms with Crippen molar-refractivity contribution >= 4 is 11.3 Å². The molecule has 1 unspecified atom stereocenters. The van der Waals surface area contributed by atoms with Crippen LogP contribution in [0.2, 0.25) is 0 Å². The lowest BCUT2D eigenvalue weighted by atomic mass is 9.99. The zero-order chi connectivity index (χ0) is 13.1. The number of rotatable bonds is 3. The predicted octanol–water partition coefficient (Wildman–Crippen LogP) is 3.38. The largest absolute Gasteiger partial charge is 0.313 e. The van der Waals surface area contributed by atoms with Gasteiger partial charge >= 0.3 is 0 Å². The van der Waals surface area contributed by atoms with E-state index in [1.54, 1.807) is 0 Å². The Morgan fingerprint density at radius 3 is 3.05 bits per heavy atom. The van der Waals surface area contributed by atoms with E-state index < -0.39 is 0 Å². The van der Waals surface area contributed by atoms with E-state index in [2.05, 4.69) is 53.3 Å². The van der Waals surface area contributed by atoms with Crippen molar-refractivity contribution in [1.82, 2.24) is 10.6 Å². The number of thiophene rings is 1. The second-order valence-electron chi connectivity index (χ2n) is 5.12. The molecule has 2 aromatic rings. The smallest absolute Gasteiger partial charge is 0.0338 e. The molecule has 3 heteroatoms. The first kappa shape index (κ1) is 12.9. The monoisotopic (exact) mass is 272 g/mol. The molecule has 0 radical (unpaired) electrons. The highest BCUT2D eigenvalue weighted by Crippen LogP contribution is 2.24. The molecule has 0 saturated heterocycles. The van der Waals surface area contributed by atoms with E-state index in [4.69, 9.17) is 0 Å². The molecule has 1 aliphatic rings. The van der Waals surface area contributed by atoms with E-state index in [1.165, 1.54) is 21.6 Å². The van der Waals surface area contributed by atoms with E-state index in [-0.39, 0.29) is 0 Å². The zero-order valence-electron chi connectivity index (χ0n) is 11.3. The Hall–Kier alpha value is -1.16. The van der Waals surface area contributed by atoms with Crippen LogP contribution in [-0.2, 0) is 13.1 Å². The van der Waals surface area contributed by atoms with E-state index in [9.17, 15) is 0 Å². The number of hydrogen-bond acceptors (Lipinski definition) is 3. The lowest BCUT2D eigenvalue weighted by Crippen LogP contribution is -2.22. The van der Waals surface area contributed by atoms with Gasteiger partial charge in [-0.05, 0) is 48.0 Å². The fourth-order valence-electron chi connectivity index (χ4n) is 2.67. The molecule has 2 heterocycles. The first-order valence-electron chi connectivity index (χ1n) is 6.89.